The molecule has 120 valence electrons. The van der Waals surface area contributed by atoms with Gasteiger partial charge in [0.1, 0.15) is 5.75 Å². The zero-order chi connectivity index (χ0) is 16.1. The Morgan fingerprint density at radius 1 is 1.29 bits per heavy atom. The first-order valence-electron chi connectivity index (χ1n) is 6.06. The second-order valence-electron chi connectivity index (χ2n) is 4.47. The average molecular weight is 326 g/mol. The molecule has 0 heterocycles. The number of halogens is 3. The SMILES string of the molecule is CN(C)S(=O)(=O)CCNCc1cccc(OC(F)(F)F)c1. The van der Waals surface area contributed by atoms with E-state index in [1.54, 1.807) is 6.07 Å². The fourth-order valence-corrected chi connectivity index (χ4v) is 2.24. The van der Waals surface area contributed by atoms with E-state index in [-0.39, 0.29) is 24.6 Å². The number of nitrogens with zero attached hydrogens (tertiary/aromatic N) is 1. The summed E-state index contributed by atoms with van der Waals surface area (Å²) in [7, 11) is -0.412. The minimum Gasteiger partial charge on any atom is -0.406 e. The first-order valence-corrected chi connectivity index (χ1v) is 7.67. The molecule has 0 saturated heterocycles. The van der Waals surface area contributed by atoms with Crippen molar-refractivity contribution in [1.82, 2.24) is 9.62 Å². The van der Waals surface area contributed by atoms with Gasteiger partial charge in [-0.05, 0) is 17.7 Å². The molecule has 0 amide bonds. The van der Waals surface area contributed by atoms with Crippen molar-refractivity contribution in [1.29, 1.82) is 0 Å². The number of rotatable bonds is 7. The molecule has 5 nitrogen and oxygen atoms in total. The molecule has 21 heavy (non-hydrogen) atoms. The average Bonchev–Trinajstić information content (AvgIpc) is 2.33. The normalized spacial score (nSPS) is 12.7. The Morgan fingerprint density at radius 2 is 1.95 bits per heavy atom. The van der Waals surface area contributed by atoms with E-state index < -0.39 is 16.4 Å². The highest BCUT2D eigenvalue weighted by Gasteiger charge is 2.31. The number of hydrogen-bond donors (Lipinski definition) is 1. The van der Waals surface area contributed by atoms with Gasteiger partial charge in [-0.3, -0.25) is 0 Å². The topological polar surface area (TPSA) is 58.6 Å². The summed E-state index contributed by atoms with van der Waals surface area (Å²) in [5.41, 5.74) is 0.569. The lowest BCUT2D eigenvalue weighted by Crippen LogP contribution is -2.31. The lowest BCUT2D eigenvalue weighted by atomic mass is 10.2. The number of benzene rings is 1. The van der Waals surface area contributed by atoms with Crippen molar-refractivity contribution in [2.45, 2.75) is 12.9 Å². The maximum absolute atomic E-state index is 12.1. The van der Waals surface area contributed by atoms with Gasteiger partial charge >= 0.3 is 6.36 Å². The van der Waals surface area contributed by atoms with Crippen molar-refractivity contribution in [3.63, 3.8) is 0 Å². The molecule has 0 bridgehead atoms. The first kappa shape index (κ1) is 17.7. The second-order valence-corrected chi connectivity index (χ2v) is 6.77. The quantitative estimate of drug-likeness (QED) is 0.773. The highest BCUT2D eigenvalue weighted by molar-refractivity contribution is 7.89. The predicted molar refractivity (Wildman–Crippen MR) is 72.3 cm³/mol. The molecule has 0 fully saturated rings. The maximum Gasteiger partial charge on any atom is 0.573 e. The van der Waals surface area contributed by atoms with Crippen LogP contribution in [0.5, 0.6) is 5.75 Å². The Balaban J connectivity index is 2.48. The Kier molecular flexibility index (Phi) is 5.99. The van der Waals surface area contributed by atoms with Crippen LogP contribution in [0.3, 0.4) is 0 Å². The minimum atomic E-state index is -4.73. The summed E-state index contributed by atoms with van der Waals surface area (Å²) >= 11 is 0. The zero-order valence-electron chi connectivity index (χ0n) is 11.6. The first-order chi connectivity index (χ1) is 9.60. The molecule has 9 heteroatoms. The predicted octanol–water partition coefficient (Wildman–Crippen LogP) is 1.57. The van der Waals surface area contributed by atoms with E-state index in [9.17, 15) is 21.6 Å². The molecule has 1 N–H and O–H groups in total. The molecule has 1 aromatic carbocycles. The summed E-state index contributed by atoms with van der Waals surface area (Å²) in [6.07, 6.45) is -4.73. The van der Waals surface area contributed by atoms with Gasteiger partial charge in [0, 0.05) is 27.2 Å². The minimum absolute atomic E-state index is 0.0846. The summed E-state index contributed by atoms with van der Waals surface area (Å²) < 4.78 is 64.1. The van der Waals surface area contributed by atoms with Crippen molar-refractivity contribution in [3.05, 3.63) is 29.8 Å². The van der Waals surface area contributed by atoms with Gasteiger partial charge in [-0.15, -0.1) is 13.2 Å². The number of alkyl halides is 3. The van der Waals surface area contributed by atoms with Gasteiger partial charge in [0.25, 0.3) is 0 Å². The summed E-state index contributed by atoms with van der Waals surface area (Å²) in [4.78, 5) is 0. The summed E-state index contributed by atoms with van der Waals surface area (Å²) in [5, 5.41) is 2.86. The fourth-order valence-electron chi connectivity index (χ4n) is 1.47. The van der Waals surface area contributed by atoms with E-state index in [0.29, 0.717) is 5.56 Å². The van der Waals surface area contributed by atoms with E-state index in [1.165, 1.54) is 32.3 Å². The van der Waals surface area contributed by atoms with Crippen LogP contribution in [0, 0.1) is 0 Å². The van der Waals surface area contributed by atoms with Gasteiger partial charge < -0.3 is 10.1 Å². The molecule has 0 atom stereocenters. The maximum atomic E-state index is 12.1. The van der Waals surface area contributed by atoms with Crippen LogP contribution in [0.25, 0.3) is 0 Å². The largest absolute Gasteiger partial charge is 0.573 e. The van der Waals surface area contributed by atoms with Crippen LogP contribution in [-0.2, 0) is 16.6 Å². The molecular formula is C12H17F3N2O3S. The van der Waals surface area contributed by atoms with E-state index >= 15 is 0 Å². The fraction of sp³-hybridized carbons (Fsp3) is 0.500. The molecule has 0 unspecified atom stereocenters. The monoisotopic (exact) mass is 326 g/mol. The smallest absolute Gasteiger partial charge is 0.406 e. The van der Waals surface area contributed by atoms with Gasteiger partial charge in [0.15, 0.2) is 0 Å². The molecule has 0 saturated carbocycles. The third-order valence-electron chi connectivity index (χ3n) is 2.55. The van der Waals surface area contributed by atoms with Crippen molar-refractivity contribution in [2.75, 3.05) is 26.4 Å². The van der Waals surface area contributed by atoms with Gasteiger partial charge in [-0.1, -0.05) is 12.1 Å². The highest BCUT2D eigenvalue weighted by atomic mass is 32.2. The highest BCUT2D eigenvalue weighted by Crippen LogP contribution is 2.23. The molecule has 1 aromatic rings. The van der Waals surface area contributed by atoms with Crippen LogP contribution in [0.4, 0.5) is 13.2 Å². The van der Waals surface area contributed by atoms with Crippen LogP contribution in [0.1, 0.15) is 5.56 Å². The standard InChI is InChI=1S/C12H17F3N2O3S/c1-17(2)21(18,19)7-6-16-9-10-4-3-5-11(8-10)20-12(13,14)15/h3-5,8,16H,6-7,9H2,1-2H3. The van der Waals surface area contributed by atoms with Crippen LogP contribution >= 0.6 is 0 Å². The third kappa shape index (κ3) is 6.78. The Labute approximate surface area is 121 Å². The van der Waals surface area contributed by atoms with Crippen LogP contribution in [-0.4, -0.2) is 45.5 Å². The number of sulfonamides is 1. The lowest BCUT2D eigenvalue weighted by Gasteiger charge is -2.12. The Bertz CT molecular complexity index is 559. The summed E-state index contributed by atoms with van der Waals surface area (Å²) in [5.74, 6) is -0.388. The zero-order valence-corrected chi connectivity index (χ0v) is 12.5. The van der Waals surface area contributed by atoms with Crippen LogP contribution < -0.4 is 10.1 Å². The van der Waals surface area contributed by atoms with Gasteiger partial charge in [-0.25, -0.2) is 12.7 Å². The third-order valence-corrected chi connectivity index (χ3v) is 4.39. The van der Waals surface area contributed by atoms with E-state index in [0.717, 1.165) is 4.31 Å². The van der Waals surface area contributed by atoms with Crippen LogP contribution in [0.15, 0.2) is 24.3 Å². The summed E-state index contributed by atoms with van der Waals surface area (Å²) in [6.45, 7) is 0.447. The van der Waals surface area contributed by atoms with Crippen molar-refractivity contribution in [2.24, 2.45) is 0 Å². The second kappa shape index (κ2) is 7.10. The molecule has 0 aliphatic heterocycles. The number of nitrogens with one attached hydrogen (secondary N) is 1. The van der Waals surface area contributed by atoms with E-state index in [2.05, 4.69) is 10.1 Å². The van der Waals surface area contributed by atoms with Crippen molar-refractivity contribution in [3.8, 4) is 5.75 Å². The lowest BCUT2D eigenvalue weighted by molar-refractivity contribution is -0.274. The number of hydrogen-bond acceptors (Lipinski definition) is 4. The molecule has 1 rings (SSSR count). The molecule has 0 spiro atoms. The molecule has 0 aliphatic carbocycles. The van der Waals surface area contributed by atoms with Gasteiger partial charge in [-0.2, -0.15) is 0 Å². The Hall–Kier alpha value is -1.32. The molecule has 0 aliphatic rings. The van der Waals surface area contributed by atoms with Crippen molar-refractivity contribution >= 4 is 10.0 Å². The molecular weight excluding hydrogens is 309 g/mol. The van der Waals surface area contributed by atoms with E-state index in [4.69, 9.17) is 0 Å². The molecule has 0 aromatic heterocycles. The van der Waals surface area contributed by atoms with Gasteiger partial charge in [0.05, 0.1) is 5.75 Å². The van der Waals surface area contributed by atoms with E-state index in [1.807, 2.05) is 0 Å². The molecule has 0 radical (unpaired) electrons. The van der Waals surface area contributed by atoms with Crippen molar-refractivity contribution < 1.29 is 26.3 Å². The summed E-state index contributed by atoms with van der Waals surface area (Å²) in [6, 6.07) is 5.51. The van der Waals surface area contributed by atoms with Gasteiger partial charge in [0.2, 0.25) is 10.0 Å². The Morgan fingerprint density at radius 3 is 2.52 bits per heavy atom. The number of ether oxygens (including phenoxy) is 1. The van der Waals surface area contributed by atoms with Crippen LogP contribution in [0.2, 0.25) is 0 Å².